The van der Waals surface area contributed by atoms with Gasteiger partial charge in [0.05, 0.1) is 0 Å². The predicted octanol–water partition coefficient (Wildman–Crippen LogP) is 1.78. The molecule has 1 saturated carbocycles. The molecule has 1 aromatic rings. The first kappa shape index (κ1) is 16.5. The lowest BCUT2D eigenvalue weighted by Crippen LogP contribution is -2.46. The number of carbonyl (C=O) groups is 3. The Balaban J connectivity index is 1.50. The number of rotatable bonds is 4. The molecule has 2 N–H and O–H groups in total. The summed E-state index contributed by atoms with van der Waals surface area (Å²) in [7, 11) is 0. The highest BCUT2D eigenvalue weighted by atomic mass is 16.2. The zero-order valence-electron chi connectivity index (χ0n) is 13.9. The lowest BCUT2D eigenvalue weighted by atomic mass is 10.0. The van der Waals surface area contributed by atoms with E-state index < -0.39 is 0 Å². The highest BCUT2D eigenvalue weighted by molar-refractivity contribution is 5.95. The van der Waals surface area contributed by atoms with Gasteiger partial charge in [-0.1, -0.05) is 0 Å². The Bertz CT molecular complexity index is 629. The van der Waals surface area contributed by atoms with Gasteiger partial charge in [0.15, 0.2) is 0 Å². The van der Waals surface area contributed by atoms with Gasteiger partial charge < -0.3 is 15.5 Å². The van der Waals surface area contributed by atoms with Crippen LogP contribution in [0.5, 0.6) is 0 Å². The summed E-state index contributed by atoms with van der Waals surface area (Å²) < 4.78 is 0. The minimum absolute atomic E-state index is 0.00338. The maximum absolute atomic E-state index is 12.5. The number of likely N-dealkylation sites (tertiary alicyclic amines) is 1. The van der Waals surface area contributed by atoms with Crippen LogP contribution in [-0.4, -0.2) is 41.8 Å². The topological polar surface area (TPSA) is 78.5 Å². The van der Waals surface area contributed by atoms with Gasteiger partial charge in [-0.2, -0.15) is 0 Å². The van der Waals surface area contributed by atoms with Gasteiger partial charge in [-0.25, -0.2) is 0 Å². The van der Waals surface area contributed by atoms with E-state index in [1.807, 2.05) is 4.90 Å². The molecule has 6 heteroatoms. The second-order valence-electron chi connectivity index (χ2n) is 6.61. The average Bonchev–Trinajstić information content (AvgIpc) is 3.40. The van der Waals surface area contributed by atoms with Gasteiger partial charge in [-0.15, -0.1) is 0 Å². The summed E-state index contributed by atoms with van der Waals surface area (Å²) in [5.41, 5.74) is 1.30. The van der Waals surface area contributed by atoms with E-state index in [0.717, 1.165) is 25.7 Å². The summed E-state index contributed by atoms with van der Waals surface area (Å²) in [6.45, 7) is 2.76. The molecule has 24 heavy (non-hydrogen) atoms. The molecular weight excluding hydrogens is 306 g/mol. The standard InChI is InChI=1S/C18H23N3O3/c1-12(22)19-15-6-4-14(5-7-15)18(24)21-10-8-16(9-11-21)20-17(23)13-2-3-13/h4-7,13,16H,2-3,8-11H2,1H3,(H,19,22)(H,20,23). The summed E-state index contributed by atoms with van der Waals surface area (Å²) in [4.78, 5) is 37.2. The molecule has 0 radical (unpaired) electrons. The van der Waals surface area contributed by atoms with E-state index in [0.29, 0.717) is 24.3 Å². The number of carbonyl (C=O) groups excluding carboxylic acids is 3. The van der Waals surface area contributed by atoms with Crippen molar-refractivity contribution in [2.45, 2.75) is 38.6 Å². The first-order valence-corrected chi connectivity index (χ1v) is 8.50. The summed E-state index contributed by atoms with van der Waals surface area (Å²) in [5, 5.41) is 5.77. The zero-order chi connectivity index (χ0) is 17.1. The van der Waals surface area contributed by atoms with Crippen LogP contribution in [0.1, 0.15) is 43.0 Å². The third kappa shape index (κ3) is 4.13. The Morgan fingerprint density at radius 1 is 1.00 bits per heavy atom. The fraction of sp³-hybridized carbons (Fsp3) is 0.500. The molecule has 1 aromatic carbocycles. The van der Waals surface area contributed by atoms with E-state index >= 15 is 0 Å². The minimum atomic E-state index is -0.135. The number of hydrogen-bond donors (Lipinski definition) is 2. The molecule has 0 atom stereocenters. The van der Waals surface area contributed by atoms with Gasteiger partial charge in [0.2, 0.25) is 11.8 Å². The Morgan fingerprint density at radius 3 is 2.17 bits per heavy atom. The average molecular weight is 329 g/mol. The van der Waals surface area contributed by atoms with Gasteiger partial charge in [0, 0.05) is 43.2 Å². The van der Waals surface area contributed by atoms with Crippen molar-refractivity contribution in [2.24, 2.45) is 5.92 Å². The van der Waals surface area contributed by atoms with E-state index in [9.17, 15) is 14.4 Å². The molecule has 2 aliphatic rings. The molecule has 0 spiro atoms. The number of benzene rings is 1. The molecule has 0 unspecified atom stereocenters. The van der Waals surface area contributed by atoms with Crippen molar-refractivity contribution in [3.05, 3.63) is 29.8 Å². The van der Waals surface area contributed by atoms with Crippen molar-refractivity contribution in [3.8, 4) is 0 Å². The Hall–Kier alpha value is -2.37. The molecule has 6 nitrogen and oxygen atoms in total. The highest BCUT2D eigenvalue weighted by Crippen LogP contribution is 2.29. The van der Waals surface area contributed by atoms with Crippen molar-refractivity contribution < 1.29 is 14.4 Å². The highest BCUT2D eigenvalue weighted by Gasteiger charge is 2.32. The summed E-state index contributed by atoms with van der Waals surface area (Å²) >= 11 is 0. The number of nitrogens with zero attached hydrogens (tertiary/aromatic N) is 1. The third-order valence-electron chi connectivity index (χ3n) is 4.53. The SMILES string of the molecule is CC(=O)Nc1ccc(C(=O)N2CCC(NC(=O)C3CC3)CC2)cc1. The molecule has 0 bridgehead atoms. The van der Waals surface area contributed by atoms with E-state index in [1.165, 1.54) is 6.92 Å². The fourth-order valence-corrected chi connectivity index (χ4v) is 2.97. The number of hydrogen-bond acceptors (Lipinski definition) is 3. The lowest BCUT2D eigenvalue weighted by Gasteiger charge is -2.32. The van der Waals surface area contributed by atoms with Gasteiger partial charge >= 0.3 is 0 Å². The van der Waals surface area contributed by atoms with Crippen LogP contribution in [0.4, 0.5) is 5.69 Å². The minimum Gasteiger partial charge on any atom is -0.353 e. The predicted molar refractivity (Wildman–Crippen MR) is 90.5 cm³/mol. The lowest BCUT2D eigenvalue weighted by molar-refractivity contribution is -0.123. The van der Waals surface area contributed by atoms with Crippen LogP contribution in [0.2, 0.25) is 0 Å². The normalized spacial score (nSPS) is 18.1. The van der Waals surface area contributed by atoms with E-state index in [1.54, 1.807) is 24.3 Å². The molecule has 1 saturated heterocycles. The molecule has 1 heterocycles. The third-order valence-corrected chi connectivity index (χ3v) is 4.53. The quantitative estimate of drug-likeness (QED) is 0.884. The van der Waals surface area contributed by atoms with Gasteiger partial charge in [0.25, 0.3) is 5.91 Å². The molecule has 128 valence electrons. The van der Waals surface area contributed by atoms with Crippen LogP contribution >= 0.6 is 0 Å². The summed E-state index contributed by atoms with van der Waals surface area (Å²) in [5.74, 6) is 0.265. The monoisotopic (exact) mass is 329 g/mol. The van der Waals surface area contributed by atoms with Crippen molar-refractivity contribution in [2.75, 3.05) is 18.4 Å². The van der Waals surface area contributed by atoms with Crippen LogP contribution in [-0.2, 0) is 9.59 Å². The second-order valence-corrected chi connectivity index (χ2v) is 6.61. The van der Waals surface area contributed by atoms with Crippen molar-refractivity contribution >= 4 is 23.4 Å². The van der Waals surface area contributed by atoms with Crippen LogP contribution in [0.25, 0.3) is 0 Å². The van der Waals surface area contributed by atoms with Gasteiger partial charge in [0.1, 0.15) is 0 Å². The van der Waals surface area contributed by atoms with Crippen molar-refractivity contribution in [3.63, 3.8) is 0 Å². The van der Waals surface area contributed by atoms with E-state index in [4.69, 9.17) is 0 Å². The number of anilines is 1. The maximum atomic E-state index is 12.5. The Kier molecular flexibility index (Phi) is 4.83. The second kappa shape index (κ2) is 7.03. The van der Waals surface area contributed by atoms with E-state index in [2.05, 4.69) is 10.6 Å². The Morgan fingerprint density at radius 2 is 1.62 bits per heavy atom. The molecule has 3 amide bonds. The number of amides is 3. The van der Waals surface area contributed by atoms with Gasteiger partial charge in [-0.05, 0) is 49.9 Å². The van der Waals surface area contributed by atoms with Crippen LogP contribution < -0.4 is 10.6 Å². The van der Waals surface area contributed by atoms with Crippen molar-refractivity contribution in [1.82, 2.24) is 10.2 Å². The Labute approximate surface area is 141 Å². The maximum Gasteiger partial charge on any atom is 0.253 e. The van der Waals surface area contributed by atoms with Gasteiger partial charge in [-0.3, -0.25) is 14.4 Å². The molecule has 1 aliphatic heterocycles. The summed E-state index contributed by atoms with van der Waals surface area (Å²) in [6, 6.07) is 7.11. The van der Waals surface area contributed by atoms with Crippen LogP contribution in [0.3, 0.4) is 0 Å². The molecule has 2 fully saturated rings. The molecule has 3 rings (SSSR count). The zero-order valence-corrected chi connectivity index (χ0v) is 13.9. The number of nitrogens with one attached hydrogen (secondary N) is 2. The van der Waals surface area contributed by atoms with E-state index in [-0.39, 0.29) is 29.7 Å². The summed E-state index contributed by atoms with van der Waals surface area (Å²) in [6.07, 6.45) is 3.62. The molecule has 0 aromatic heterocycles. The fourth-order valence-electron chi connectivity index (χ4n) is 2.97. The first-order valence-electron chi connectivity index (χ1n) is 8.50. The van der Waals surface area contributed by atoms with Crippen molar-refractivity contribution in [1.29, 1.82) is 0 Å². The largest absolute Gasteiger partial charge is 0.353 e. The molecular formula is C18H23N3O3. The smallest absolute Gasteiger partial charge is 0.253 e. The van der Waals surface area contributed by atoms with Crippen LogP contribution in [0, 0.1) is 5.92 Å². The molecule has 1 aliphatic carbocycles. The van der Waals surface area contributed by atoms with Crippen LogP contribution in [0.15, 0.2) is 24.3 Å². The first-order chi connectivity index (χ1) is 11.5. The number of piperidine rings is 1.